The molecule has 2 aromatic rings. The van der Waals surface area contributed by atoms with Gasteiger partial charge in [0.1, 0.15) is 10.7 Å². The van der Waals surface area contributed by atoms with Crippen molar-refractivity contribution in [1.82, 2.24) is 0 Å². The summed E-state index contributed by atoms with van der Waals surface area (Å²) in [6.45, 7) is 0. The van der Waals surface area contributed by atoms with Crippen LogP contribution in [0.2, 0.25) is 0 Å². The molecule has 0 saturated carbocycles. The van der Waals surface area contributed by atoms with Gasteiger partial charge in [-0.3, -0.25) is 0 Å². The molecule has 0 bridgehead atoms. The van der Waals surface area contributed by atoms with Gasteiger partial charge in [0, 0.05) is 0 Å². The van der Waals surface area contributed by atoms with E-state index in [1.165, 1.54) is 11.3 Å². The highest BCUT2D eigenvalue weighted by molar-refractivity contribution is 7.90. The number of carbonyl (C=O) groups is 1. The maximum absolute atomic E-state index is 13.7. The lowest BCUT2D eigenvalue weighted by Crippen LogP contribution is -2.08. The van der Waals surface area contributed by atoms with Gasteiger partial charge >= 0.3 is 5.97 Å². The first kappa shape index (κ1) is 13.7. The van der Waals surface area contributed by atoms with Crippen molar-refractivity contribution in [3.05, 3.63) is 52.0 Å². The molecule has 19 heavy (non-hydrogen) atoms. The Balaban J connectivity index is 2.38. The van der Waals surface area contributed by atoms with E-state index in [1.807, 2.05) is 0 Å². The smallest absolute Gasteiger partial charge is 0.335 e. The average Bonchev–Trinajstić information content (AvgIpc) is 2.80. The van der Waals surface area contributed by atoms with Crippen LogP contribution >= 0.6 is 11.3 Å². The number of rotatable bonds is 4. The molecule has 0 spiro atoms. The minimum absolute atomic E-state index is 0.285. The molecule has 7 heteroatoms. The molecule has 0 unspecified atom stereocenters. The molecule has 0 atom stereocenters. The van der Waals surface area contributed by atoms with Crippen LogP contribution in [0, 0.1) is 5.82 Å². The Morgan fingerprint density at radius 1 is 1.32 bits per heavy atom. The van der Waals surface area contributed by atoms with E-state index in [-0.39, 0.29) is 11.3 Å². The van der Waals surface area contributed by atoms with E-state index in [1.54, 1.807) is 16.8 Å². The highest BCUT2D eigenvalue weighted by atomic mass is 32.2. The Bertz CT molecular complexity index is 705. The predicted molar refractivity (Wildman–Crippen MR) is 68.6 cm³/mol. The lowest BCUT2D eigenvalue weighted by molar-refractivity contribution is 0.0696. The van der Waals surface area contributed by atoms with Gasteiger partial charge in [-0.05, 0) is 40.6 Å². The first-order chi connectivity index (χ1) is 8.90. The van der Waals surface area contributed by atoms with Gasteiger partial charge in [0.2, 0.25) is 0 Å². The topological polar surface area (TPSA) is 71.4 Å². The number of thiophene rings is 1. The normalized spacial score (nSPS) is 11.4. The Morgan fingerprint density at radius 2 is 2.05 bits per heavy atom. The van der Waals surface area contributed by atoms with Crippen LogP contribution in [-0.2, 0) is 15.6 Å². The van der Waals surface area contributed by atoms with Gasteiger partial charge in [0.25, 0.3) is 0 Å². The summed E-state index contributed by atoms with van der Waals surface area (Å²) >= 11 is 1.35. The Kier molecular flexibility index (Phi) is 3.68. The van der Waals surface area contributed by atoms with Crippen molar-refractivity contribution in [3.8, 4) is 0 Å². The fourth-order valence-corrected chi connectivity index (χ4v) is 3.74. The molecule has 1 heterocycles. The van der Waals surface area contributed by atoms with Crippen LogP contribution in [0.25, 0.3) is 0 Å². The molecule has 2 rings (SSSR count). The number of aromatic carboxylic acids is 1. The number of carboxylic acids is 1. The zero-order chi connectivity index (χ0) is 14.0. The summed E-state index contributed by atoms with van der Waals surface area (Å²) in [5, 5.41) is 12.1. The van der Waals surface area contributed by atoms with Gasteiger partial charge in [0.05, 0.1) is 11.3 Å². The second-order valence-electron chi connectivity index (χ2n) is 3.84. The first-order valence-corrected chi connectivity index (χ1v) is 7.76. The molecular formula is C12H9FO4S2. The van der Waals surface area contributed by atoms with Gasteiger partial charge in [-0.15, -0.1) is 0 Å². The van der Waals surface area contributed by atoms with Crippen molar-refractivity contribution in [2.45, 2.75) is 10.6 Å². The fourth-order valence-electron chi connectivity index (χ4n) is 1.56. The molecule has 1 N–H and O–H groups in total. The lowest BCUT2D eigenvalue weighted by Gasteiger charge is -2.05. The number of hydrogen-bond donors (Lipinski definition) is 1. The summed E-state index contributed by atoms with van der Waals surface area (Å²) in [7, 11) is -3.82. The fraction of sp³-hybridized carbons (Fsp3) is 0.0833. The molecule has 0 aliphatic heterocycles. The SMILES string of the molecule is O=C(O)c1ccc(S(=O)(=O)Cc2ccsc2)c(F)c1. The van der Waals surface area contributed by atoms with Crippen LogP contribution in [0.3, 0.4) is 0 Å². The molecule has 0 amide bonds. The van der Waals surface area contributed by atoms with Crippen molar-refractivity contribution in [2.75, 3.05) is 0 Å². The van der Waals surface area contributed by atoms with E-state index >= 15 is 0 Å². The maximum Gasteiger partial charge on any atom is 0.335 e. The van der Waals surface area contributed by atoms with E-state index in [4.69, 9.17) is 5.11 Å². The summed E-state index contributed by atoms with van der Waals surface area (Å²) in [6.07, 6.45) is 0. The molecule has 0 aliphatic rings. The van der Waals surface area contributed by atoms with Gasteiger partial charge < -0.3 is 5.11 Å². The molecule has 100 valence electrons. The van der Waals surface area contributed by atoms with Crippen molar-refractivity contribution >= 4 is 27.1 Å². The second kappa shape index (κ2) is 5.10. The second-order valence-corrected chi connectivity index (χ2v) is 6.58. The zero-order valence-electron chi connectivity index (χ0n) is 9.54. The molecule has 0 saturated heterocycles. The quantitative estimate of drug-likeness (QED) is 0.942. The highest BCUT2D eigenvalue weighted by Gasteiger charge is 2.21. The van der Waals surface area contributed by atoms with Gasteiger partial charge in [-0.2, -0.15) is 11.3 Å². The largest absolute Gasteiger partial charge is 0.478 e. The Hall–Kier alpha value is -1.73. The van der Waals surface area contributed by atoms with Crippen molar-refractivity contribution in [2.24, 2.45) is 0 Å². The van der Waals surface area contributed by atoms with Crippen LogP contribution in [0.1, 0.15) is 15.9 Å². The van der Waals surface area contributed by atoms with Crippen molar-refractivity contribution < 1.29 is 22.7 Å². The van der Waals surface area contributed by atoms with Crippen LogP contribution in [0.4, 0.5) is 4.39 Å². The predicted octanol–water partition coefficient (Wildman–Crippen LogP) is 2.56. The third-order valence-electron chi connectivity index (χ3n) is 2.45. The van der Waals surface area contributed by atoms with Crippen LogP contribution < -0.4 is 0 Å². The maximum atomic E-state index is 13.7. The van der Waals surface area contributed by atoms with Crippen LogP contribution in [0.15, 0.2) is 39.9 Å². The van der Waals surface area contributed by atoms with E-state index in [0.29, 0.717) is 11.6 Å². The monoisotopic (exact) mass is 300 g/mol. The van der Waals surface area contributed by atoms with Crippen molar-refractivity contribution in [3.63, 3.8) is 0 Å². The standard InChI is InChI=1S/C12H9FO4S2/c13-10-5-9(12(14)15)1-2-11(10)19(16,17)7-8-3-4-18-6-8/h1-6H,7H2,(H,14,15). The number of carboxylic acid groups (broad SMARTS) is 1. The minimum Gasteiger partial charge on any atom is -0.478 e. The van der Waals surface area contributed by atoms with E-state index in [0.717, 1.165) is 12.1 Å². The molecule has 0 aliphatic carbocycles. The number of halogens is 1. The summed E-state index contributed by atoms with van der Waals surface area (Å²) in [6, 6.07) is 4.42. The third kappa shape index (κ3) is 2.99. The van der Waals surface area contributed by atoms with E-state index in [2.05, 4.69) is 0 Å². The molecule has 1 aromatic heterocycles. The molecule has 0 radical (unpaired) electrons. The molecular weight excluding hydrogens is 291 g/mol. The number of sulfone groups is 1. The summed E-state index contributed by atoms with van der Waals surface area (Å²) in [4.78, 5) is 10.2. The Labute approximate surface area is 113 Å². The summed E-state index contributed by atoms with van der Waals surface area (Å²) in [5.74, 6) is -2.66. The highest BCUT2D eigenvalue weighted by Crippen LogP contribution is 2.21. The summed E-state index contributed by atoms with van der Waals surface area (Å²) < 4.78 is 37.7. The first-order valence-electron chi connectivity index (χ1n) is 5.17. The van der Waals surface area contributed by atoms with E-state index < -0.39 is 26.5 Å². The van der Waals surface area contributed by atoms with Crippen LogP contribution in [0.5, 0.6) is 0 Å². The van der Waals surface area contributed by atoms with E-state index in [9.17, 15) is 17.6 Å². The summed E-state index contributed by atoms with van der Waals surface area (Å²) in [5.41, 5.74) is 0.290. The zero-order valence-corrected chi connectivity index (χ0v) is 11.2. The van der Waals surface area contributed by atoms with Crippen molar-refractivity contribution in [1.29, 1.82) is 0 Å². The van der Waals surface area contributed by atoms with Gasteiger partial charge in [0.15, 0.2) is 9.84 Å². The van der Waals surface area contributed by atoms with Gasteiger partial charge in [-0.1, -0.05) is 0 Å². The molecule has 1 aromatic carbocycles. The van der Waals surface area contributed by atoms with Gasteiger partial charge in [-0.25, -0.2) is 17.6 Å². The average molecular weight is 300 g/mol. The lowest BCUT2D eigenvalue weighted by atomic mass is 10.2. The number of benzene rings is 1. The molecule has 0 fully saturated rings. The molecule has 4 nitrogen and oxygen atoms in total. The van der Waals surface area contributed by atoms with Crippen LogP contribution in [-0.4, -0.2) is 19.5 Å². The minimum atomic E-state index is -3.82. The number of hydrogen-bond acceptors (Lipinski definition) is 4. The Morgan fingerprint density at radius 3 is 2.58 bits per heavy atom. The third-order valence-corrected chi connectivity index (χ3v) is 4.90.